The highest BCUT2D eigenvalue weighted by molar-refractivity contribution is 9.10. The summed E-state index contributed by atoms with van der Waals surface area (Å²) in [6, 6.07) is 3.11. The van der Waals surface area contributed by atoms with Crippen molar-refractivity contribution in [3.8, 4) is 0 Å². The molecular formula is C21H19BrF4N4O. The fourth-order valence-corrected chi connectivity index (χ4v) is 4.15. The largest absolute Gasteiger partial charge is 0.363 e. The number of anilines is 1. The van der Waals surface area contributed by atoms with Crippen molar-refractivity contribution in [2.75, 3.05) is 12.0 Å². The molecule has 0 bridgehead atoms. The summed E-state index contributed by atoms with van der Waals surface area (Å²) in [5.41, 5.74) is -1.61. The third-order valence-electron chi connectivity index (χ3n) is 5.66. The molecule has 4 rings (SSSR count). The molecule has 0 radical (unpaired) electrons. The Hall–Kier alpha value is -2.49. The Balaban J connectivity index is 1.79. The van der Waals surface area contributed by atoms with E-state index in [4.69, 9.17) is 0 Å². The second kappa shape index (κ2) is 7.58. The molecule has 1 atom stereocenters. The van der Waals surface area contributed by atoms with Gasteiger partial charge in [-0.1, -0.05) is 18.2 Å². The quantitative estimate of drug-likeness (QED) is 0.460. The van der Waals surface area contributed by atoms with Crippen LogP contribution < -0.4 is 10.9 Å². The van der Waals surface area contributed by atoms with Gasteiger partial charge in [-0.3, -0.25) is 4.79 Å². The molecule has 0 spiro atoms. The van der Waals surface area contributed by atoms with Crippen LogP contribution in [-0.4, -0.2) is 21.2 Å². The van der Waals surface area contributed by atoms with E-state index in [9.17, 15) is 22.4 Å². The topological polar surface area (TPSA) is 59.8 Å². The van der Waals surface area contributed by atoms with Gasteiger partial charge in [0.05, 0.1) is 28.0 Å². The predicted octanol–water partition coefficient (Wildman–Crippen LogP) is 5.44. The third-order valence-corrected chi connectivity index (χ3v) is 6.38. The van der Waals surface area contributed by atoms with E-state index in [0.717, 1.165) is 6.07 Å². The summed E-state index contributed by atoms with van der Waals surface area (Å²) < 4.78 is 57.4. The van der Waals surface area contributed by atoms with E-state index < -0.39 is 41.1 Å². The maximum atomic E-state index is 14.8. The molecule has 10 heteroatoms. The summed E-state index contributed by atoms with van der Waals surface area (Å²) in [5.74, 6) is -4.05. The molecule has 1 aliphatic rings. The zero-order chi connectivity index (χ0) is 22.6. The Bertz CT molecular complexity index is 1220. The van der Waals surface area contributed by atoms with Crippen LogP contribution in [0.1, 0.15) is 43.9 Å². The van der Waals surface area contributed by atoms with Crippen LogP contribution in [0.2, 0.25) is 0 Å². The normalized spacial score (nSPS) is 16.4. The molecule has 3 aromatic rings. The number of halogens is 5. The van der Waals surface area contributed by atoms with Crippen molar-refractivity contribution in [1.29, 1.82) is 0 Å². The smallest absolute Gasteiger partial charge is 0.273 e. The highest BCUT2D eigenvalue weighted by atomic mass is 79.9. The van der Waals surface area contributed by atoms with Crippen molar-refractivity contribution in [2.45, 2.75) is 44.2 Å². The predicted molar refractivity (Wildman–Crippen MR) is 113 cm³/mol. The van der Waals surface area contributed by atoms with Crippen molar-refractivity contribution >= 4 is 32.7 Å². The lowest BCUT2D eigenvalue weighted by molar-refractivity contribution is 0.0136. The maximum Gasteiger partial charge on any atom is 0.273 e. The first-order valence-corrected chi connectivity index (χ1v) is 10.4. The Morgan fingerprint density at radius 1 is 1.32 bits per heavy atom. The first-order valence-electron chi connectivity index (χ1n) is 9.64. The number of alkyl halides is 3. The van der Waals surface area contributed by atoms with Crippen molar-refractivity contribution in [3.05, 3.63) is 62.5 Å². The van der Waals surface area contributed by atoms with E-state index in [0.29, 0.717) is 30.7 Å². The SMILES string of the molecule is C[C@@H](Nc1ncnc2c(Br)c(=O)n(C3(CF)CC3)cc12)c1cccc(C(C)(F)F)c1F. The minimum atomic E-state index is -3.33. The van der Waals surface area contributed by atoms with Gasteiger partial charge in [0.15, 0.2) is 0 Å². The maximum absolute atomic E-state index is 14.8. The van der Waals surface area contributed by atoms with Crippen molar-refractivity contribution in [1.82, 2.24) is 14.5 Å². The lowest BCUT2D eigenvalue weighted by Gasteiger charge is -2.21. The summed E-state index contributed by atoms with van der Waals surface area (Å²) in [7, 11) is 0. The molecule has 5 nitrogen and oxygen atoms in total. The Labute approximate surface area is 183 Å². The van der Waals surface area contributed by atoms with Gasteiger partial charge in [-0.05, 0) is 35.7 Å². The summed E-state index contributed by atoms with van der Waals surface area (Å²) >= 11 is 3.25. The fraction of sp³-hybridized carbons (Fsp3) is 0.381. The van der Waals surface area contributed by atoms with Gasteiger partial charge < -0.3 is 9.88 Å². The zero-order valence-electron chi connectivity index (χ0n) is 16.7. The van der Waals surface area contributed by atoms with Crippen molar-refractivity contribution < 1.29 is 17.6 Å². The van der Waals surface area contributed by atoms with Crippen LogP contribution in [0.15, 0.2) is 40.0 Å². The van der Waals surface area contributed by atoms with Crippen LogP contribution in [0, 0.1) is 5.82 Å². The Morgan fingerprint density at radius 3 is 2.65 bits per heavy atom. The lowest BCUT2D eigenvalue weighted by atomic mass is 10.0. The van der Waals surface area contributed by atoms with Crippen LogP contribution in [-0.2, 0) is 11.5 Å². The molecule has 1 aromatic carbocycles. The second-order valence-corrected chi connectivity index (χ2v) is 8.72. The molecule has 1 saturated carbocycles. The molecule has 1 aliphatic carbocycles. The summed E-state index contributed by atoms with van der Waals surface area (Å²) in [6.07, 6.45) is 3.81. The molecular weight excluding hydrogens is 480 g/mol. The van der Waals surface area contributed by atoms with Gasteiger partial charge in [-0.2, -0.15) is 0 Å². The number of benzene rings is 1. The Morgan fingerprint density at radius 2 is 2.03 bits per heavy atom. The second-order valence-electron chi connectivity index (χ2n) is 7.92. The van der Waals surface area contributed by atoms with Crippen LogP contribution >= 0.6 is 15.9 Å². The number of hydrogen-bond donors (Lipinski definition) is 1. The van der Waals surface area contributed by atoms with Gasteiger partial charge in [0.25, 0.3) is 11.5 Å². The molecule has 0 saturated heterocycles. The molecule has 2 aromatic heterocycles. The summed E-state index contributed by atoms with van der Waals surface area (Å²) in [5, 5.41) is 3.45. The summed E-state index contributed by atoms with van der Waals surface area (Å²) in [4.78, 5) is 21.0. The lowest BCUT2D eigenvalue weighted by Crippen LogP contribution is -2.32. The van der Waals surface area contributed by atoms with E-state index in [2.05, 4.69) is 31.2 Å². The standard InChI is InChI=1S/C21H19BrF4N4O/c1-11(12-4-3-5-14(16(12)24)20(2,25)26)29-18-13-8-30(21(9-23)6-7-21)19(31)15(22)17(13)27-10-28-18/h3-5,8,10-11H,6-7,9H2,1-2H3,(H,27,28,29)/t11-/m1/s1. The van der Waals surface area contributed by atoms with E-state index in [-0.39, 0.29) is 15.9 Å². The fourth-order valence-electron chi connectivity index (χ4n) is 3.64. The van der Waals surface area contributed by atoms with Gasteiger partial charge in [-0.15, -0.1) is 0 Å². The van der Waals surface area contributed by atoms with Gasteiger partial charge in [-0.25, -0.2) is 27.5 Å². The average Bonchev–Trinajstić information content (AvgIpc) is 3.51. The van der Waals surface area contributed by atoms with Gasteiger partial charge >= 0.3 is 0 Å². The van der Waals surface area contributed by atoms with Crippen LogP contribution in [0.25, 0.3) is 10.9 Å². The van der Waals surface area contributed by atoms with Gasteiger partial charge in [0.2, 0.25) is 0 Å². The average molecular weight is 499 g/mol. The number of pyridine rings is 1. The van der Waals surface area contributed by atoms with Gasteiger partial charge in [0, 0.05) is 18.7 Å². The molecule has 31 heavy (non-hydrogen) atoms. The van der Waals surface area contributed by atoms with E-state index in [1.54, 1.807) is 6.92 Å². The number of aromatic nitrogens is 3. The molecule has 0 unspecified atom stereocenters. The van der Waals surface area contributed by atoms with E-state index in [1.165, 1.54) is 29.2 Å². The zero-order valence-corrected chi connectivity index (χ0v) is 18.3. The van der Waals surface area contributed by atoms with Crippen LogP contribution in [0.4, 0.5) is 23.4 Å². The van der Waals surface area contributed by atoms with Crippen LogP contribution in [0.3, 0.4) is 0 Å². The molecule has 2 heterocycles. The number of fused-ring (bicyclic) bond motifs is 1. The van der Waals surface area contributed by atoms with Crippen molar-refractivity contribution in [3.63, 3.8) is 0 Å². The van der Waals surface area contributed by atoms with E-state index in [1.807, 2.05) is 0 Å². The Kier molecular flexibility index (Phi) is 5.31. The highest BCUT2D eigenvalue weighted by Crippen LogP contribution is 2.44. The molecule has 164 valence electrons. The number of nitrogens with one attached hydrogen (secondary N) is 1. The number of hydrogen-bond acceptors (Lipinski definition) is 4. The number of rotatable bonds is 6. The highest BCUT2D eigenvalue weighted by Gasteiger charge is 2.46. The number of nitrogens with zero attached hydrogens (tertiary/aromatic N) is 3. The molecule has 1 N–H and O–H groups in total. The first-order chi connectivity index (χ1) is 14.6. The molecule has 1 fully saturated rings. The first kappa shape index (κ1) is 21.7. The molecule has 0 aliphatic heterocycles. The monoisotopic (exact) mass is 498 g/mol. The van der Waals surface area contributed by atoms with Crippen molar-refractivity contribution in [2.24, 2.45) is 0 Å². The van der Waals surface area contributed by atoms with E-state index >= 15 is 0 Å². The minimum absolute atomic E-state index is 0.0422. The minimum Gasteiger partial charge on any atom is -0.363 e. The summed E-state index contributed by atoms with van der Waals surface area (Å²) in [6.45, 7) is 1.57. The third kappa shape index (κ3) is 3.71. The van der Waals surface area contributed by atoms with Gasteiger partial charge in [0.1, 0.15) is 29.1 Å². The molecule has 0 amide bonds. The van der Waals surface area contributed by atoms with Crippen LogP contribution in [0.5, 0.6) is 0 Å².